The Labute approximate surface area is 170 Å². The van der Waals surface area contributed by atoms with Gasteiger partial charge >= 0.3 is 0 Å². The predicted octanol–water partition coefficient (Wildman–Crippen LogP) is 4.39. The van der Waals surface area contributed by atoms with Gasteiger partial charge in [-0.2, -0.15) is 0 Å². The van der Waals surface area contributed by atoms with Crippen molar-refractivity contribution in [2.75, 3.05) is 5.32 Å². The molecule has 4 rings (SSSR count). The van der Waals surface area contributed by atoms with Crippen LogP contribution in [0.1, 0.15) is 11.3 Å². The average molecular weight is 435 g/mol. The van der Waals surface area contributed by atoms with Crippen molar-refractivity contribution < 1.29 is 17.6 Å². The number of amides is 1. The maximum Gasteiger partial charge on any atom is 0.256 e. The first-order valence-electron chi connectivity index (χ1n) is 7.98. The SMILES string of the molecule is NS(=O)(=O)c1ccc2c(c1)/C(=C\c1ccc(-c3cccc(Cl)c3Cl)o1)C(=O)N2. The van der Waals surface area contributed by atoms with Gasteiger partial charge in [0, 0.05) is 16.8 Å². The molecule has 0 unspecified atom stereocenters. The summed E-state index contributed by atoms with van der Waals surface area (Å²) in [5, 5.41) is 8.62. The molecular formula is C19H12Cl2N2O4S. The second kappa shape index (κ2) is 6.79. The monoisotopic (exact) mass is 434 g/mol. The Hall–Kier alpha value is -2.58. The molecule has 2 aromatic carbocycles. The molecule has 0 radical (unpaired) electrons. The fourth-order valence-corrected chi connectivity index (χ4v) is 3.83. The Morgan fingerprint density at radius 3 is 2.57 bits per heavy atom. The minimum absolute atomic E-state index is 0.0838. The van der Waals surface area contributed by atoms with Crippen molar-refractivity contribution in [1.29, 1.82) is 0 Å². The van der Waals surface area contributed by atoms with Crippen molar-refractivity contribution in [1.82, 2.24) is 0 Å². The lowest BCUT2D eigenvalue weighted by atomic mass is 10.1. The zero-order valence-corrected chi connectivity index (χ0v) is 16.4. The van der Waals surface area contributed by atoms with Gasteiger partial charge in [-0.1, -0.05) is 29.3 Å². The van der Waals surface area contributed by atoms with Gasteiger partial charge in [0.15, 0.2) is 0 Å². The number of hydrogen-bond donors (Lipinski definition) is 2. The summed E-state index contributed by atoms with van der Waals surface area (Å²) in [6.45, 7) is 0. The van der Waals surface area contributed by atoms with Crippen LogP contribution < -0.4 is 10.5 Å². The normalized spacial score (nSPS) is 15.0. The third-order valence-corrected chi connectivity index (χ3v) is 5.96. The lowest BCUT2D eigenvalue weighted by Crippen LogP contribution is -2.12. The highest BCUT2D eigenvalue weighted by molar-refractivity contribution is 7.89. The van der Waals surface area contributed by atoms with Crippen molar-refractivity contribution in [3.8, 4) is 11.3 Å². The number of benzene rings is 2. The van der Waals surface area contributed by atoms with Gasteiger partial charge in [0.1, 0.15) is 11.5 Å². The van der Waals surface area contributed by atoms with Crippen LogP contribution in [0.25, 0.3) is 23.0 Å². The van der Waals surface area contributed by atoms with Crippen LogP contribution in [-0.2, 0) is 14.8 Å². The van der Waals surface area contributed by atoms with Crippen LogP contribution in [0.2, 0.25) is 10.0 Å². The highest BCUT2D eigenvalue weighted by Crippen LogP contribution is 2.37. The molecule has 28 heavy (non-hydrogen) atoms. The minimum Gasteiger partial charge on any atom is -0.457 e. The number of fused-ring (bicyclic) bond motifs is 1. The Bertz CT molecular complexity index is 1260. The van der Waals surface area contributed by atoms with Crippen LogP contribution in [0.4, 0.5) is 5.69 Å². The van der Waals surface area contributed by atoms with Crippen LogP contribution in [0, 0.1) is 0 Å². The van der Waals surface area contributed by atoms with Gasteiger partial charge in [0.2, 0.25) is 10.0 Å². The summed E-state index contributed by atoms with van der Waals surface area (Å²) in [7, 11) is -3.90. The van der Waals surface area contributed by atoms with Crippen LogP contribution in [0.3, 0.4) is 0 Å². The maximum absolute atomic E-state index is 12.3. The summed E-state index contributed by atoms with van der Waals surface area (Å²) in [6.07, 6.45) is 1.52. The first kappa shape index (κ1) is 18.8. The number of nitrogens with one attached hydrogen (secondary N) is 1. The molecule has 1 aliphatic rings. The molecule has 0 saturated heterocycles. The van der Waals surface area contributed by atoms with Crippen LogP contribution >= 0.6 is 23.2 Å². The van der Waals surface area contributed by atoms with E-state index in [0.717, 1.165) is 0 Å². The smallest absolute Gasteiger partial charge is 0.256 e. The van der Waals surface area contributed by atoms with Crippen LogP contribution in [-0.4, -0.2) is 14.3 Å². The number of carbonyl (C=O) groups excluding carboxylic acids is 1. The van der Waals surface area contributed by atoms with Crippen LogP contribution in [0.5, 0.6) is 0 Å². The van der Waals surface area contributed by atoms with Gasteiger partial charge in [0.25, 0.3) is 5.91 Å². The zero-order valence-electron chi connectivity index (χ0n) is 14.1. The summed E-state index contributed by atoms with van der Waals surface area (Å²) in [6, 6.07) is 12.7. The number of furan rings is 1. The Morgan fingerprint density at radius 1 is 1.04 bits per heavy atom. The fraction of sp³-hybridized carbons (Fsp3) is 0. The van der Waals surface area contributed by atoms with E-state index in [-0.39, 0.29) is 16.4 Å². The Kier molecular flexibility index (Phi) is 4.55. The molecule has 2 heterocycles. The van der Waals surface area contributed by atoms with E-state index in [1.54, 1.807) is 30.3 Å². The molecule has 3 N–H and O–H groups in total. The van der Waals surface area contributed by atoms with E-state index in [1.165, 1.54) is 24.3 Å². The van der Waals surface area contributed by atoms with Gasteiger partial charge < -0.3 is 9.73 Å². The molecule has 1 aromatic heterocycles. The minimum atomic E-state index is -3.90. The van der Waals surface area contributed by atoms with E-state index in [1.807, 2.05) is 0 Å². The predicted molar refractivity (Wildman–Crippen MR) is 108 cm³/mol. The summed E-state index contributed by atoms with van der Waals surface area (Å²) in [5.74, 6) is 0.502. The lowest BCUT2D eigenvalue weighted by Gasteiger charge is -2.03. The summed E-state index contributed by atoms with van der Waals surface area (Å²) >= 11 is 12.3. The quantitative estimate of drug-likeness (QED) is 0.596. The Balaban J connectivity index is 1.76. The lowest BCUT2D eigenvalue weighted by molar-refractivity contribution is -0.110. The molecule has 0 aliphatic carbocycles. The third-order valence-electron chi connectivity index (χ3n) is 4.23. The van der Waals surface area contributed by atoms with E-state index >= 15 is 0 Å². The van der Waals surface area contributed by atoms with E-state index in [2.05, 4.69) is 5.32 Å². The molecule has 0 atom stereocenters. The molecule has 0 saturated carbocycles. The number of halogens is 2. The second-order valence-electron chi connectivity index (χ2n) is 6.07. The fourth-order valence-electron chi connectivity index (χ4n) is 2.90. The van der Waals surface area contributed by atoms with Gasteiger partial charge in [-0.25, -0.2) is 13.6 Å². The average Bonchev–Trinajstić information content (AvgIpc) is 3.21. The van der Waals surface area contributed by atoms with E-state index in [9.17, 15) is 13.2 Å². The largest absolute Gasteiger partial charge is 0.457 e. The highest BCUT2D eigenvalue weighted by atomic mass is 35.5. The molecule has 0 fully saturated rings. The standard InChI is InChI=1S/C19H12Cl2N2O4S/c20-15-3-1-2-12(18(15)21)17-7-4-10(27-17)8-14-13-9-11(28(22,25)26)5-6-16(13)23-19(14)24/h1-9H,(H,23,24)(H2,22,25,26)/b14-8+. The molecule has 0 spiro atoms. The third kappa shape index (κ3) is 3.33. The van der Waals surface area contributed by atoms with E-state index in [4.69, 9.17) is 32.8 Å². The molecule has 9 heteroatoms. The topological polar surface area (TPSA) is 102 Å². The summed E-state index contributed by atoms with van der Waals surface area (Å²) < 4.78 is 29.0. The number of sulfonamides is 1. The number of carbonyl (C=O) groups is 1. The highest BCUT2D eigenvalue weighted by Gasteiger charge is 2.26. The van der Waals surface area contributed by atoms with Gasteiger partial charge in [0.05, 0.1) is 20.5 Å². The second-order valence-corrected chi connectivity index (χ2v) is 8.41. The number of primary sulfonamides is 1. The van der Waals surface area contributed by atoms with Crippen molar-refractivity contribution in [2.45, 2.75) is 4.90 Å². The number of anilines is 1. The van der Waals surface area contributed by atoms with E-state index in [0.29, 0.717) is 38.4 Å². The van der Waals surface area contributed by atoms with Crippen LogP contribution in [0.15, 0.2) is 57.8 Å². The summed E-state index contributed by atoms with van der Waals surface area (Å²) in [5.41, 5.74) is 1.80. The van der Waals surface area contributed by atoms with Gasteiger partial charge in [-0.3, -0.25) is 4.79 Å². The summed E-state index contributed by atoms with van der Waals surface area (Å²) in [4.78, 5) is 12.2. The Morgan fingerprint density at radius 2 is 1.82 bits per heavy atom. The number of rotatable bonds is 3. The van der Waals surface area contributed by atoms with E-state index < -0.39 is 10.0 Å². The molecule has 1 aliphatic heterocycles. The van der Waals surface area contributed by atoms with Gasteiger partial charge in [-0.15, -0.1) is 0 Å². The molecular weight excluding hydrogens is 423 g/mol. The molecule has 3 aromatic rings. The van der Waals surface area contributed by atoms with Gasteiger partial charge in [-0.05, 0) is 48.5 Å². The number of hydrogen-bond acceptors (Lipinski definition) is 4. The number of nitrogens with two attached hydrogens (primary N) is 1. The zero-order chi connectivity index (χ0) is 20.1. The van der Waals surface area contributed by atoms with Crippen molar-refractivity contribution in [2.24, 2.45) is 5.14 Å². The van der Waals surface area contributed by atoms with Crippen molar-refractivity contribution in [3.05, 3.63) is 69.9 Å². The van der Waals surface area contributed by atoms with Crippen molar-refractivity contribution in [3.63, 3.8) is 0 Å². The van der Waals surface area contributed by atoms with Crippen molar-refractivity contribution >= 4 is 56.5 Å². The molecule has 142 valence electrons. The molecule has 0 bridgehead atoms. The molecule has 1 amide bonds. The first-order chi connectivity index (χ1) is 13.2. The molecule has 6 nitrogen and oxygen atoms in total. The maximum atomic E-state index is 12.3. The first-order valence-corrected chi connectivity index (χ1v) is 10.3.